The van der Waals surface area contributed by atoms with Gasteiger partial charge in [-0.1, -0.05) is 42.1 Å². The van der Waals surface area contributed by atoms with E-state index in [4.69, 9.17) is 0 Å². The fraction of sp³-hybridized carbons (Fsp3) is 0.500. The van der Waals surface area contributed by atoms with E-state index in [9.17, 15) is 8.42 Å². The highest BCUT2D eigenvalue weighted by Gasteiger charge is 2.28. The number of amidine groups is 1. The molecule has 0 aliphatic carbocycles. The molecule has 1 aromatic carbocycles. The Morgan fingerprint density at radius 3 is 2.80 bits per heavy atom. The van der Waals surface area contributed by atoms with Gasteiger partial charge in [-0.3, -0.25) is 4.99 Å². The van der Waals surface area contributed by atoms with Gasteiger partial charge in [-0.15, -0.1) is 0 Å². The number of hydrogen-bond donors (Lipinski definition) is 1. The zero-order valence-corrected chi connectivity index (χ0v) is 12.8. The van der Waals surface area contributed by atoms with Gasteiger partial charge in [-0.25, -0.2) is 8.42 Å². The lowest BCUT2D eigenvalue weighted by Crippen LogP contribution is -2.41. The second-order valence-electron chi connectivity index (χ2n) is 5.26. The van der Waals surface area contributed by atoms with Crippen molar-refractivity contribution in [1.82, 2.24) is 5.32 Å². The highest BCUT2D eigenvalue weighted by atomic mass is 32.2. The summed E-state index contributed by atoms with van der Waals surface area (Å²) in [5.74, 6) is 0.569. The molecule has 0 spiro atoms. The predicted molar refractivity (Wildman–Crippen MR) is 83.9 cm³/mol. The van der Waals surface area contributed by atoms with Gasteiger partial charge in [0.2, 0.25) is 0 Å². The van der Waals surface area contributed by atoms with E-state index in [-0.39, 0.29) is 11.8 Å². The molecule has 2 unspecified atom stereocenters. The molecule has 2 aliphatic heterocycles. The summed E-state index contributed by atoms with van der Waals surface area (Å²) in [5, 5.41) is 4.54. The van der Waals surface area contributed by atoms with E-state index in [1.54, 1.807) is 11.8 Å². The topological polar surface area (TPSA) is 58.5 Å². The third kappa shape index (κ3) is 3.35. The Bertz CT molecular complexity index is 599. The number of nitrogens with one attached hydrogen (secondary N) is 1. The van der Waals surface area contributed by atoms with Crippen LogP contribution >= 0.6 is 11.8 Å². The molecule has 4 nitrogen and oxygen atoms in total. The number of hydrogen-bond acceptors (Lipinski definition) is 5. The van der Waals surface area contributed by atoms with Gasteiger partial charge < -0.3 is 5.32 Å². The Labute approximate surface area is 124 Å². The highest BCUT2D eigenvalue weighted by molar-refractivity contribution is 8.14. The van der Waals surface area contributed by atoms with Gasteiger partial charge in [-0.2, -0.15) is 0 Å². The summed E-state index contributed by atoms with van der Waals surface area (Å²) in [6.45, 7) is 0.760. The molecule has 20 heavy (non-hydrogen) atoms. The molecule has 1 fully saturated rings. The summed E-state index contributed by atoms with van der Waals surface area (Å²) >= 11 is 1.70. The normalized spacial score (nSPS) is 28.9. The minimum absolute atomic E-state index is 0.0227. The van der Waals surface area contributed by atoms with Crippen molar-refractivity contribution in [1.29, 1.82) is 0 Å². The average Bonchev–Trinajstić information content (AvgIpc) is 2.87. The van der Waals surface area contributed by atoms with Crippen LogP contribution in [0.15, 0.2) is 35.3 Å². The van der Waals surface area contributed by atoms with Crippen molar-refractivity contribution in [3.8, 4) is 0 Å². The van der Waals surface area contributed by atoms with Gasteiger partial charge in [0.1, 0.15) is 0 Å². The maximum Gasteiger partial charge on any atom is 0.157 e. The fourth-order valence-corrected chi connectivity index (χ4v) is 5.34. The van der Waals surface area contributed by atoms with Crippen molar-refractivity contribution in [2.75, 3.05) is 18.1 Å². The Hall–Kier alpha value is -1.01. The van der Waals surface area contributed by atoms with Crippen LogP contribution < -0.4 is 5.32 Å². The van der Waals surface area contributed by atoms with Gasteiger partial charge in [0.25, 0.3) is 0 Å². The SMILES string of the molecule is O=S1(=O)CCCC(NC2=NCC(c3ccccc3)S2)C1. The van der Waals surface area contributed by atoms with Crippen LogP contribution in [-0.2, 0) is 9.84 Å². The number of benzene rings is 1. The third-order valence-corrected chi connectivity index (χ3v) is 6.61. The average molecular weight is 310 g/mol. The molecule has 0 aromatic heterocycles. The van der Waals surface area contributed by atoms with E-state index < -0.39 is 9.84 Å². The van der Waals surface area contributed by atoms with E-state index in [0.29, 0.717) is 11.0 Å². The molecular formula is C14H18N2O2S2. The van der Waals surface area contributed by atoms with Crippen LogP contribution in [0.1, 0.15) is 23.7 Å². The summed E-state index contributed by atoms with van der Waals surface area (Å²) in [6.07, 6.45) is 1.66. The second-order valence-corrected chi connectivity index (χ2v) is 8.68. The molecule has 0 saturated carbocycles. The molecular weight excluding hydrogens is 292 g/mol. The monoisotopic (exact) mass is 310 g/mol. The summed E-state index contributed by atoms with van der Waals surface area (Å²) in [5.41, 5.74) is 1.27. The van der Waals surface area contributed by atoms with E-state index in [2.05, 4.69) is 22.4 Å². The van der Waals surface area contributed by atoms with Crippen LogP contribution in [-0.4, -0.2) is 37.7 Å². The Morgan fingerprint density at radius 1 is 1.25 bits per heavy atom. The first-order chi connectivity index (χ1) is 9.62. The highest BCUT2D eigenvalue weighted by Crippen LogP contribution is 2.34. The lowest BCUT2D eigenvalue weighted by molar-refractivity contribution is 0.533. The van der Waals surface area contributed by atoms with E-state index >= 15 is 0 Å². The molecule has 2 atom stereocenters. The van der Waals surface area contributed by atoms with Crippen LogP contribution in [0.5, 0.6) is 0 Å². The van der Waals surface area contributed by atoms with Crippen LogP contribution in [0.4, 0.5) is 0 Å². The van der Waals surface area contributed by atoms with Crippen molar-refractivity contribution >= 4 is 26.8 Å². The zero-order valence-electron chi connectivity index (χ0n) is 11.2. The number of thioether (sulfide) groups is 1. The summed E-state index contributed by atoms with van der Waals surface area (Å²) < 4.78 is 23.3. The molecule has 0 bridgehead atoms. The van der Waals surface area contributed by atoms with E-state index in [0.717, 1.165) is 24.6 Å². The standard InChI is InChI=1S/C14H18N2O2S2/c17-20(18)8-4-7-12(10-20)16-14-15-9-13(19-14)11-5-2-1-3-6-11/h1-3,5-6,12-13H,4,7-10H2,(H,15,16). The maximum absolute atomic E-state index is 11.6. The van der Waals surface area contributed by atoms with Crippen LogP contribution in [0.2, 0.25) is 0 Å². The first kappa shape index (κ1) is 13.9. The first-order valence-electron chi connectivity index (χ1n) is 6.85. The van der Waals surface area contributed by atoms with Crippen LogP contribution in [0.25, 0.3) is 0 Å². The summed E-state index contributed by atoms with van der Waals surface area (Å²) in [4.78, 5) is 4.51. The minimum Gasteiger partial charge on any atom is -0.361 e. The maximum atomic E-state index is 11.6. The molecule has 108 valence electrons. The molecule has 1 N–H and O–H groups in total. The molecule has 0 radical (unpaired) electrons. The lowest BCUT2D eigenvalue weighted by Gasteiger charge is -2.23. The number of nitrogens with zero attached hydrogens (tertiary/aromatic N) is 1. The van der Waals surface area contributed by atoms with E-state index in [1.165, 1.54) is 5.56 Å². The molecule has 2 aliphatic rings. The Morgan fingerprint density at radius 2 is 2.05 bits per heavy atom. The number of sulfone groups is 1. The Kier molecular flexibility index (Phi) is 4.03. The molecule has 3 rings (SSSR count). The molecule has 0 amide bonds. The van der Waals surface area contributed by atoms with Crippen molar-refractivity contribution in [3.63, 3.8) is 0 Å². The summed E-state index contributed by atoms with van der Waals surface area (Å²) in [6, 6.07) is 10.3. The predicted octanol–water partition coefficient (Wildman–Crippen LogP) is 2.00. The Balaban J connectivity index is 1.58. The van der Waals surface area contributed by atoms with Gasteiger partial charge in [-0.05, 0) is 18.4 Å². The van der Waals surface area contributed by atoms with Gasteiger partial charge in [0.05, 0.1) is 23.3 Å². The van der Waals surface area contributed by atoms with Crippen LogP contribution in [0.3, 0.4) is 0 Å². The van der Waals surface area contributed by atoms with Gasteiger partial charge in [0, 0.05) is 6.04 Å². The van der Waals surface area contributed by atoms with Gasteiger partial charge >= 0.3 is 0 Å². The van der Waals surface area contributed by atoms with Crippen molar-refractivity contribution in [2.24, 2.45) is 4.99 Å². The second kappa shape index (κ2) is 5.77. The lowest BCUT2D eigenvalue weighted by atomic mass is 10.1. The van der Waals surface area contributed by atoms with Crippen molar-refractivity contribution in [2.45, 2.75) is 24.1 Å². The fourth-order valence-electron chi connectivity index (χ4n) is 2.61. The smallest absolute Gasteiger partial charge is 0.157 e. The zero-order chi connectivity index (χ0) is 14.0. The van der Waals surface area contributed by atoms with Crippen molar-refractivity contribution in [3.05, 3.63) is 35.9 Å². The third-order valence-electron chi connectivity index (χ3n) is 3.62. The first-order valence-corrected chi connectivity index (χ1v) is 9.55. The van der Waals surface area contributed by atoms with Crippen molar-refractivity contribution < 1.29 is 8.42 Å². The summed E-state index contributed by atoms with van der Waals surface area (Å²) in [7, 11) is -2.87. The minimum atomic E-state index is -2.87. The number of rotatable bonds is 2. The molecule has 1 aromatic rings. The molecule has 1 saturated heterocycles. The quantitative estimate of drug-likeness (QED) is 0.907. The molecule has 2 heterocycles. The molecule has 6 heteroatoms. The largest absolute Gasteiger partial charge is 0.361 e. The van der Waals surface area contributed by atoms with Gasteiger partial charge in [0.15, 0.2) is 15.0 Å². The van der Waals surface area contributed by atoms with E-state index in [1.807, 2.05) is 18.2 Å². The number of aliphatic imine (C=N–C) groups is 1. The van der Waals surface area contributed by atoms with Crippen LogP contribution in [0, 0.1) is 0 Å².